The molecule has 0 fully saturated rings. The molecule has 5 N–H and O–H groups in total. The molecule has 1 aliphatic heterocycles. The Morgan fingerprint density at radius 3 is 2.46 bits per heavy atom. The molecular weight excluding hydrogens is 516 g/mol. The molecule has 37 heavy (non-hydrogen) atoms. The van der Waals surface area contributed by atoms with Crippen LogP contribution in [0.15, 0.2) is 23.0 Å². The number of carbonyl (C=O) groups excluding carboxylic acids is 1. The van der Waals surface area contributed by atoms with Crippen molar-refractivity contribution < 1.29 is 42.0 Å². The van der Waals surface area contributed by atoms with Gasteiger partial charge in [-0.25, -0.2) is 0 Å². The zero-order valence-corrected chi connectivity index (χ0v) is 21.9. The molecule has 1 aromatic heterocycles. The molecule has 1 amide bonds. The van der Waals surface area contributed by atoms with Crippen LogP contribution < -0.4 is 21.1 Å². The van der Waals surface area contributed by atoms with Gasteiger partial charge in [0.2, 0.25) is 5.88 Å². The number of ether oxygens (including phenoxy) is 1. The van der Waals surface area contributed by atoms with Gasteiger partial charge in [-0.3, -0.25) is 9.36 Å². The minimum absolute atomic E-state index is 0.106. The van der Waals surface area contributed by atoms with Crippen LogP contribution in [0.2, 0.25) is 0 Å². The van der Waals surface area contributed by atoms with E-state index in [2.05, 4.69) is 10.1 Å². The molecule has 0 saturated carbocycles. The summed E-state index contributed by atoms with van der Waals surface area (Å²) in [6.07, 6.45) is -4.76. The first-order valence-electron chi connectivity index (χ1n) is 11.3. The Labute approximate surface area is 211 Å². The van der Waals surface area contributed by atoms with Crippen molar-refractivity contribution in [1.82, 2.24) is 4.57 Å². The molecule has 10 nitrogen and oxygen atoms in total. The van der Waals surface area contributed by atoms with Crippen LogP contribution in [-0.4, -0.2) is 46.4 Å². The third kappa shape index (κ3) is 5.72. The number of aromatic hydroxyl groups is 2. The summed E-state index contributed by atoms with van der Waals surface area (Å²) in [5, 5.41) is 25.2. The predicted octanol–water partition coefficient (Wildman–Crippen LogP) is 3.99. The van der Waals surface area contributed by atoms with Crippen LogP contribution in [0.3, 0.4) is 0 Å². The Morgan fingerprint density at radius 1 is 1.27 bits per heavy atom. The van der Waals surface area contributed by atoms with Gasteiger partial charge < -0.3 is 35.1 Å². The second kappa shape index (κ2) is 9.94. The number of halogens is 3. The van der Waals surface area contributed by atoms with E-state index in [9.17, 15) is 32.7 Å². The van der Waals surface area contributed by atoms with Gasteiger partial charge in [-0.1, -0.05) is 27.7 Å². The largest absolute Gasteiger partial charge is 0.505 e. The lowest BCUT2D eigenvalue weighted by Gasteiger charge is -2.24. The minimum atomic E-state index is -4.42. The highest BCUT2D eigenvalue weighted by atomic mass is 31.2. The topological polar surface area (TPSA) is 148 Å². The average molecular weight is 546 g/mol. The number of nitrogens with one attached hydrogen (secondary N) is 1. The number of amides is 1. The van der Waals surface area contributed by atoms with E-state index in [1.54, 1.807) is 20.8 Å². The summed E-state index contributed by atoms with van der Waals surface area (Å²) in [4.78, 5) is 11.0. The highest BCUT2D eigenvalue weighted by molar-refractivity contribution is 7.66. The van der Waals surface area contributed by atoms with E-state index in [-0.39, 0.29) is 46.8 Å². The van der Waals surface area contributed by atoms with E-state index in [0.717, 1.165) is 14.0 Å². The summed E-state index contributed by atoms with van der Waals surface area (Å²) in [6, 6.07) is 4.31. The van der Waals surface area contributed by atoms with Gasteiger partial charge >= 0.3 is 13.7 Å². The number of carbonyl (C=O) groups is 1. The van der Waals surface area contributed by atoms with E-state index < -0.39 is 49.2 Å². The first kappa shape index (κ1) is 28.4. The van der Waals surface area contributed by atoms with Crippen molar-refractivity contribution in [2.75, 3.05) is 19.0 Å². The van der Waals surface area contributed by atoms with Gasteiger partial charge in [-0.2, -0.15) is 17.9 Å². The fraction of sp³-hybridized carbons (Fsp3) is 0.478. The predicted molar refractivity (Wildman–Crippen MR) is 132 cm³/mol. The number of rotatable bonds is 8. The Kier molecular flexibility index (Phi) is 7.63. The Hall–Kier alpha value is -3.18. The summed E-state index contributed by atoms with van der Waals surface area (Å²) in [7, 11) is -2.81. The highest BCUT2D eigenvalue weighted by Crippen LogP contribution is 2.53. The molecule has 1 aromatic carbocycles. The van der Waals surface area contributed by atoms with Crippen LogP contribution in [0.1, 0.15) is 45.4 Å². The summed E-state index contributed by atoms with van der Waals surface area (Å²) in [5.74, 6) is -3.31. The monoisotopic (exact) mass is 546 g/mol. The van der Waals surface area contributed by atoms with Crippen LogP contribution in [0.4, 0.5) is 18.9 Å². The van der Waals surface area contributed by atoms with Crippen LogP contribution in [0.25, 0.3) is 0 Å². The zero-order chi connectivity index (χ0) is 27.9. The number of alkyl halides is 3. The van der Waals surface area contributed by atoms with E-state index >= 15 is 0 Å². The number of hydrogen-bond acceptors (Lipinski definition) is 7. The smallest absolute Gasteiger partial charge is 0.391 e. The third-order valence-electron chi connectivity index (χ3n) is 5.89. The lowest BCUT2D eigenvalue weighted by Crippen LogP contribution is -2.26. The van der Waals surface area contributed by atoms with Gasteiger partial charge in [-0.15, -0.1) is 0 Å². The van der Waals surface area contributed by atoms with Crippen molar-refractivity contribution in [3.8, 4) is 17.4 Å². The molecule has 2 atom stereocenters. The van der Waals surface area contributed by atoms with Gasteiger partial charge in [0, 0.05) is 19.1 Å². The van der Waals surface area contributed by atoms with Crippen molar-refractivity contribution in [1.29, 1.82) is 0 Å². The summed E-state index contributed by atoms with van der Waals surface area (Å²) < 4.78 is 68.8. The Bertz CT molecular complexity index is 1280. The summed E-state index contributed by atoms with van der Waals surface area (Å²) >= 11 is 0. The Balaban J connectivity index is 2.10. The first-order chi connectivity index (χ1) is 17.0. The van der Waals surface area contributed by atoms with Crippen LogP contribution in [0, 0.1) is 5.92 Å². The van der Waals surface area contributed by atoms with Crippen LogP contribution in [-0.2, 0) is 25.8 Å². The number of fused-ring (bicyclic) bond motifs is 1. The number of hydrogen-bond donors (Lipinski definition) is 4. The molecule has 3 rings (SSSR count). The van der Waals surface area contributed by atoms with Gasteiger partial charge in [0.05, 0.1) is 22.6 Å². The molecule has 0 spiro atoms. The van der Waals surface area contributed by atoms with Crippen LogP contribution in [0.5, 0.6) is 17.4 Å². The quantitative estimate of drug-likeness (QED) is 0.366. The van der Waals surface area contributed by atoms with Gasteiger partial charge in [0.1, 0.15) is 11.3 Å². The standard InChI is InChI=1S/C23H30F3N4O6P/c1-12(23(24,25)26)8-9-30-19(22(2,3)4)18(32)17(21(30)33)20-28-14-7-6-13(36-11-16(27)31)10-15(14)37(34,29-20)35-5/h6-7,10,12,32-33H,8-9,11H2,1-5H3,(H2,27,31)(H,28,29,34). The SMILES string of the molecule is COP1(=O)N=C(c2c(O)c(C(C)(C)C)n(CCC(C)C(F)(F)F)c2O)Nc2ccc(OCC(N)=O)cc21. The maximum atomic E-state index is 13.6. The van der Waals surface area contributed by atoms with Gasteiger partial charge in [0.15, 0.2) is 18.2 Å². The number of anilines is 1. The van der Waals surface area contributed by atoms with Crippen molar-refractivity contribution in [3.05, 3.63) is 29.5 Å². The molecule has 0 bridgehead atoms. The van der Waals surface area contributed by atoms with Crippen molar-refractivity contribution in [2.24, 2.45) is 16.4 Å². The second-order valence-corrected chi connectivity index (χ2v) is 11.8. The van der Waals surface area contributed by atoms with Gasteiger partial charge in [-0.05, 0) is 24.6 Å². The number of nitrogens with zero attached hydrogens (tertiary/aromatic N) is 2. The van der Waals surface area contributed by atoms with Crippen molar-refractivity contribution >= 4 is 30.3 Å². The fourth-order valence-electron chi connectivity index (χ4n) is 3.96. The Morgan fingerprint density at radius 2 is 1.92 bits per heavy atom. The van der Waals surface area contributed by atoms with E-state index in [1.165, 1.54) is 22.8 Å². The van der Waals surface area contributed by atoms with E-state index in [1.807, 2.05) is 0 Å². The molecule has 2 unspecified atom stereocenters. The lowest BCUT2D eigenvalue weighted by atomic mass is 9.90. The maximum absolute atomic E-state index is 13.6. The highest BCUT2D eigenvalue weighted by Gasteiger charge is 2.40. The lowest BCUT2D eigenvalue weighted by molar-refractivity contribution is -0.171. The summed E-state index contributed by atoms with van der Waals surface area (Å²) in [6.45, 7) is 5.59. The number of amidine groups is 1. The first-order valence-corrected chi connectivity index (χ1v) is 12.9. The molecule has 1 aliphatic rings. The molecule has 0 saturated heterocycles. The maximum Gasteiger partial charge on any atom is 0.391 e. The number of primary amides is 1. The van der Waals surface area contributed by atoms with Crippen molar-refractivity contribution in [2.45, 2.75) is 52.3 Å². The molecule has 204 valence electrons. The molecular formula is C23H30F3N4O6P. The van der Waals surface area contributed by atoms with Crippen LogP contribution >= 0.6 is 7.52 Å². The minimum Gasteiger partial charge on any atom is -0.505 e. The molecule has 0 aliphatic carbocycles. The fourth-order valence-corrected chi connectivity index (χ4v) is 5.48. The molecule has 2 aromatic rings. The normalized spacial score (nSPS) is 18.5. The second-order valence-electron chi connectivity index (χ2n) is 9.74. The molecule has 14 heteroatoms. The average Bonchev–Trinajstić information content (AvgIpc) is 3.04. The van der Waals surface area contributed by atoms with E-state index in [4.69, 9.17) is 15.0 Å². The van der Waals surface area contributed by atoms with Crippen molar-refractivity contribution in [3.63, 3.8) is 0 Å². The van der Waals surface area contributed by atoms with E-state index in [0.29, 0.717) is 0 Å². The zero-order valence-electron chi connectivity index (χ0n) is 21.0. The number of nitrogens with two attached hydrogens (primary N) is 1. The summed E-state index contributed by atoms with van der Waals surface area (Å²) in [5.41, 5.74) is 4.53. The third-order valence-corrected chi connectivity index (χ3v) is 7.83. The number of benzene rings is 1. The number of aromatic nitrogens is 1. The molecule has 0 radical (unpaired) electrons. The molecule has 2 heterocycles. The van der Waals surface area contributed by atoms with Gasteiger partial charge in [0.25, 0.3) is 5.91 Å².